The number of likely N-dealkylation sites (N-methyl/N-ethyl adjacent to an activating group) is 1. The van der Waals surface area contributed by atoms with Gasteiger partial charge in [-0.1, -0.05) is 13.8 Å². The minimum atomic E-state index is -3.81. The van der Waals surface area contributed by atoms with Gasteiger partial charge >= 0.3 is 0 Å². The predicted octanol–water partition coefficient (Wildman–Crippen LogP) is 1.25. The highest BCUT2D eigenvalue weighted by Gasteiger charge is 2.27. The minimum absolute atomic E-state index is 0.0223. The molecular formula is C17H26FN3O3S. The van der Waals surface area contributed by atoms with Gasteiger partial charge in [0.25, 0.3) is 0 Å². The summed E-state index contributed by atoms with van der Waals surface area (Å²) in [5, 5.41) is 0. The van der Waals surface area contributed by atoms with E-state index in [1.54, 1.807) is 4.90 Å². The number of sulfonamides is 1. The number of hydrogen-bond donors (Lipinski definition) is 0. The van der Waals surface area contributed by atoms with Crippen molar-refractivity contribution >= 4 is 15.9 Å². The van der Waals surface area contributed by atoms with Crippen molar-refractivity contribution in [3.8, 4) is 0 Å². The molecule has 0 aliphatic carbocycles. The van der Waals surface area contributed by atoms with Crippen LogP contribution in [0.2, 0.25) is 0 Å². The fraction of sp³-hybridized carbons (Fsp3) is 0.588. The summed E-state index contributed by atoms with van der Waals surface area (Å²) >= 11 is 0. The Balaban J connectivity index is 1.93. The lowest BCUT2D eigenvalue weighted by atomic mass is 10.2. The zero-order valence-electron chi connectivity index (χ0n) is 15.0. The molecule has 0 unspecified atom stereocenters. The number of piperazine rings is 1. The largest absolute Gasteiger partial charge is 0.339 e. The van der Waals surface area contributed by atoms with Crippen molar-refractivity contribution in [3.05, 3.63) is 30.1 Å². The first-order valence-corrected chi connectivity index (χ1v) is 9.86. The van der Waals surface area contributed by atoms with Crippen LogP contribution in [0.15, 0.2) is 29.2 Å². The molecular weight excluding hydrogens is 345 g/mol. The lowest BCUT2D eigenvalue weighted by Gasteiger charge is -2.36. The second-order valence-electron chi connectivity index (χ2n) is 6.79. The molecule has 1 fully saturated rings. The Kier molecular flexibility index (Phi) is 6.53. The smallest absolute Gasteiger partial charge is 0.243 e. The summed E-state index contributed by atoms with van der Waals surface area (Å²) in [5.41, 5.74) is 0. The van der Waals surface area contributed by atoms with Gasteiger partial charge in [-0.2, -0.15) is 4.31 Å². The van der Waals surface area contributed by atoms with Gasteiger partial charge in [-0.05, 0) is 30.2 Å². The summed E-state index contributed by atoms with van der Waals surface area (Å²) in [6.45, 7) is 7.92. The second kappa shape index (κ2) is 8.25. The third-order valence-electron chi connectivity index (χ3n) is 4.23. The number of carbonyl (C=O) groups excluding carboxylic acids is 1. The number of hydrogen-bond acceptors (Lipinski definition) is 4. The van der Waals surface area contributed by atoms with Gasteiger partial charge in [0.15, 0.2) is 0 Å². The number of rotatable bonds is 6. The molecule has 0 N–H and O–H groups in total. The van der Waals surface area contributed by atoms with E-state index in [-0.39, 0.29) is 17.3 Å². The van der Waals surface area contributed by atoms with Crippen molar-refractivity contribution < 1.29 is 17.6 Å². The summed E-state index contributed by atoms with van der Waals surface area (Å²) in [6.07, 6.45) is 0. The highest BCUT2D eigenvalue weighted by atomic mass is 32.2. The number of benzene rings is 1. The van der Waals surface area contributed by atoms with Crippen molar-refractivity contribution in [2.45, 2.75) is 18.7 Å². The van der Waals surface area contributed by atoms with Gasteiger partial charge in [-0.3, -0.25) is 9.69 Å². The summed E-state index contributed by atoms with van der Waals surface area (Å²) in [4.78, 5) is 16.4. The maximum atomic E-state index is 13.0. The number of nitrogens with zero attached hydrogens (tertiary/aromatic N) is 3. The van der Waals surface area contributed by atoms with E-state index in [1.807, 2.05) is 0 Å². The van der Waals surface area contributed by atoms with Gasteiger partial charge in [0, 0.05) is 39.8 Å². The van der Waals surface area contributed by atoms with E-state index >= 15 is 0 Å². The first-order valence-electron chi connectivity index (χ1n) is 8.42. The molecule has 1 aliphatic heterocycles. The van der Waals surface area contributed by atoms with Crippen molar-refractivity contribution in [2.75, 3.05) is 46.3 Å². The maximum absolute atomic E-state index is 13.0. The van der Waals surface area contributed by atoms with E-state index in [4.69, 9.17) is 0 Å². The van der Waals surface area contributed by atoms with Crippen molar-refractivity contribution in [3.63, 3.8) is 0 Å². The Labute approximate surface area is 149 Å². The van der Waals surface area contributed by atoms with E-state index in [0.717, 1.165) is 36.1 Å². The van der Waals surface area contributed by atoms with Crippen molar-refractivity contribution in [2.24, 2.45) is 5.92 Å². The molecule has 2 rings (SSSR count). The normalized spacial score (nSPS) is 16.6. The highest BCUT2D eigenvalue weighted by Crippen LogP contribution is 2.15. The molecule has 1 amide bonds. The molecule has 1 aromatic rings. The molecule has 1 saturated heterocycles. The number of carbonyl (C=O) groups is 1. The van der Waals surface area contributed by atoms with Crippen LogP contribution in [0.25, 0.3) is 0 Å². The maximum Gasteiger partial charge on any atom is 0.243 e. The quantitative estimate of drug-likeness (QED) is 0.755. The molecule has 1 heterocycles. The Morgan fingerprint density at radius 1 is 1.16 bits per heavy atom. The number of amides is 1. The van der Waals surface area contributed by atoms with Crippen molar-refractivity contribution in [1.82, 2.24) is 14.1 Å². The third-order valence-corrected chi connectivity index (χ3v) is 6.05. The Morgan fingerprint density at radius 3 is 2.24 bits per heavy atom. The third kappa shape index (κ3) is 5.23. The van der Waals surface area contributed by atoms with Crippen LogP contribution in [0.4, 0.5) is 4.39 Å². The summed E-state index contributed by atoms with van der Waals surface area (Å²) in [7, 11) is -2.44. The van der Waals surface area contributed by atoms with E-state index in [1.165, 1.54) is 19.2 Å². The van der Waals surface area contributed by atoms with Crippen molar-refractivity contribution in [1.29, 1.82) is 0 Å². The highest BCUT2D eigenvalue weighted by molar-refractivity contribution is 7.89. The average Bonchev–Trinajstić information content (AvgIpc) is 2.55. The zero-order valence-corrected chi connectivity index (χ0v) is 15.8. The first kappa shape index (κ1) is 19.8. The Hall–Kier alpha value is -1.51. The van der Waals surface area contributed by atoms with Crippen LogP contribution in [-0.2, 0) is 14.8 Å². The van der Waals surface area contributed by atoms with Gasteiger partial charge in [0.05, 0.1) is 11.4 Å². The molecule has 0 spiro atoms. The van der Waals surface area contributed by atoms with E-state index in [0.29, 0.717) is 19.0 Å². The lowest BCUT2D eigenvalue weighted by molar-refractivity contribution is -0.133. The van der Waals surface area contributed by atoms with Gasteiger partial charge in [-0.25, -0.2) is 12.8 Å². The first-order chi connectivity index (χ1) is 11.7. The second-order valence-corrected chi connectivity index (χ2v) is 8.84. The SMILES string of the molecule is CC(C)CN1CCN(C(=O)CN(C)S(=O)(=O)c2ccc(F)cc2)CC1. The number of halogens is 1. The molecule has 6 nitrogen and oxygen atoms in total. The lowest BCUT2D eigenvalue weighted by Crippen LogP contribution is -2.51. The van der Waals surface area contributed by atoms with Crippen LogP contribution < -0.4 is 0 Å². The van der Waals surface area contributed by atoms with E-state index < -0.39 is 15.8 Å². The molecule has 0 bridgehead atoms. The van der Waals surface area contributed by atoms with Gasteiger partial charge in [0.1, 0.15) is 5.82 Å². The molecule has 0 saturated carbocycles. The Bertz CT molecular complexity index is 684. The standard InChI is InChI=1S/C17H26FN3O3S/c1-14(2)12-20-8-10-21(11-9-20)17(22)13-19(3)25(23,24)16-6-4-15(18)5-7-16/h4-7,14H,8-13H2,1-3H3. The fourth-order valence-corrected chi connectivity index (χ4v) is 3.98. The molecule has 0 radical (unpaired) electrons. The summed E-state index contributed by atoms with van der Waals surface area (Å²) in [5.74, 6) is -0.136. The van der Waals surface area contributed by atoms with Gasteiger partial charge < -0.3 is 4.90 Å². The van der Waals surface area contributed by atoms with Gasteiger partial charge in [0.2, 0.25) is 15.9 Å². The minimum Gasteiger partial charge on any atom is -0.339 e. The topological polar surface area (TPSA) is 60.9 Å². The summed E-state index contributed by atoms with van der Waals surface area (Å²) in [6, 6.07) is 4.60. The average molecular weight is 371 g/mol. The molecule has 140 valence electrons. The van der Waals surface area contributed by atoms with Crippen LogP contribution in [0.3, 0.4) is 0 Å². The summed E-state index contributed by atoms with van der Waals surface area (Å²) < 4.78 is 38.9. The molecule has 0 aromatic heterocycles. The molecule has 1 aromatic carbocycles. The van der Waals surface area contributed by atoms with Crippen LogP contribution in [0.5, 0.6) is 0 Å². The fourth-order valence-electron chi connectivity index (χ4n) is 2.86. The molecule has 25 heavy (non-hydrogen) atoms. The van der Waals surface area contributed by atoms with Gasteiger partial charge in [-0.15, -0.1) is 0 Å². The Morgan fingerprint density at radius 2 is 1.72 bits per heavy atom. The van der Waals surface area contributed by atoms with Crippen LogP contribution >= 0.6 is 0 Å². The van der Waals surface area contributed by atoms with Crippen LogP contribution in [-0.4, -0.2) is 74.7 Å². The van der Waals surface area contributed by atoms with E-state index in [9.17, 15) is 17.6 Å². The van der Waals surface area contributed by atoms with E-state index in [2.05, 4.69) is 18.7 Å². The molecule has 8 heteroatoms. The predicted molar refractivity (Wildman–Crippen MR) is 94.1 cm³/mol. The van der Waals surface area contributed by atoms with Crippen LogP contribution in [0, 0.1) is 11.7 Å². The zero-order chi connectivity index (χ0) is 18.6. The monoisotopic (exact) mass is 371 g/mol. The van der Waals surface area contributed by atoms with Crippen LogP contribution in [0.1, 0.15) is 13.8 Å². The molecule has 0 atom stereocenters. The molecule has 1 aliphatic rings.